The van der Waals surface area contributed by atoms with Crippen molar-refractivity contribution < 1.29 is 0 Å². The summed E-state index contributed by atoms with van der Waals surface area (Å²) in [5.41, 5.74) is 7.12. The van der Waals surface area contributed by atoms with Crippen LogP contribution >= 0.6 is 0 Å². The molecule has 17 heavy (non-hydrogen) atoms. The van der Waals surface area contributed by atoms with E-state index in [1.807, 2.05) is 19.2 Å². The number of aromatic nitrogens is 1. The third-order valence-corrected chi connectivity index (χ3v) is 2.87. The van der Waals surface area contributed by atoms with Crippen LogP contribution in [0, 0.1) is 0 Å². The zero-order valence-electron chi connectivity index (χ0n) is 11.3. The molecule has 0 aromatic carbocycles. The van der Waals surface area contributed by atoms with Crippen molar-refractivity contribution in [1.82, 2.24) is 4.98 Å². The van der Waals surface area contributed by atoms with Crippen LogP contribution in [0.15, 0.2) is 18.3 Å². The summed E-state index contributed by atoms with van der Waals surface area (Å²) in [6.45, 7) is 5.33. The fraction of sp³-hybridized carbons (Fsp3) is 0.643. The summed E-state index contributed by atoms with van der Waals surface area (Å²) in [5, 5.41) is 0. The molecule has 1 unspecified atom stereocenters. The van der Waals surface area contributed by atoms with Gasteiger partial charge in [-0.2, -0.15) is 0 Å². The molecule has 0 bridgehead atoms. The fourth-order valence-corrected chi connectivity index (χ4v) is 1.99. The molecule has 3 nitrogen and oxygen atoms in total. The summed E-state index contributed by atoms with van der Waals surface area (Å²) in [5.74, 6) is 1.08. The van der Waals surface area contributed by atoms with Crippen molar-refractivity contribution >= 4 is 5.82 Å². The van der Waals surface area contributed by atoms with Crippen molar-refractivity contribution in [2.75, 3.05) is 18.5 Å². The Morgan fingerprint density at radius 1 is 1.41 bits per heavy atom. The molecule has 0 radical (unpaired) electrons. The van der Waals surface area contributed by atoms with Gasteiger partial charge in [0.1, 0.15) is 5.82 Å². The van der Waals surface area contributed by atoms with E-state index in [9.17, 15) is 0 Å². The van der Waals surface area contributed by atoms with Gasteiger partial charge in [-0.15, -0.1) is 0 Å². The van der Waals surface area contributed by atoms with Crippen LogP contribution in [0.5, 0.6) is 0 Å². The summed E-state index contributed by atoms with van der Waals surface area (Å²) in [7, 11) is 2.11. The molecule has 0 aliphatic carbocycles. The maximum atomic E-state index is 5.87. The lowest BCUT2D eigenvalue weighted by atomic mass is 10.1. The number of nitrogens with zero attached hydrogens (tertiary/aromatic N) is 2. The van der Waals surface area contributed by atoms with Gasteiger partial charge in [0.15, 0.2) is 0 Å². The number of anilines is 1. The zero-order chi connectivity index (χ0) is 12.7. The Bertz CT molecular complexity index is 323. The summed E-state index contributed by atoms with van der Waals surface area (Å²) in [6, 6.07) is 4.30. The van der Waals surface area contributed by atoms with E-state index >= 15 is 0 Å². The second kappa shape index (κ2) is 7.28. The first kappa shape index (κ1) is 14.0. The van der Waals surface area contributed by atoms with Gasteiger partial charge in [-0.25, -0.2) is 4.98 Å². The minimum absolute atomic E-state index is 0.182. The Hall–Kier alpha value is -1.09. The van der Waals surface area contributed by atoms with Crippen LogP contribution < -0.4 is 10.6 Å². The highest BCUT2D eigenvalue weighted by Crippen LogP contribution is 2.17. The zero-order valence-corrected chi connectivity index (χ0v) is 11.3. The number of rotatable bonds is 7. The quantitative estimate of drug-likeness (QED) is 0.739. The first-order valence-electron chi connectivity index (χ1n) is 6.55. The van der Waals surface area contributed by atoms with E-state index in [0.717, 1.165) is 18.8 Å². The lowest BCUT2D eigenvalue weighted by molar-refractivity contribution is 0.692. The molecule has 1 rings (SSSR count). The lowest BCUT2D eigenvalue weighted by Crippen LogP contribution is -2.24. The first-order chi connectivity index (χ1) is 8.15. The maximum absolute atomic E-state index is 5.87. The van der Waals surface area contributed by atoms with Crippen molar-refractivity contribution in [1.29, 1.82) is 0 Å². The Labute approximate surface area is 105 Å². The third-order valence-electron chi connectivity index (χ3n) is 2.87. The van der Waals surface area contributed by atoms with Crippen molar-refractivity contribution in [2.45, 2.75) is 45.6 Å². The summed E-state index contributed by atoms with van der Waals surface area (Å²) >= 11 is 0. The smallest absolute Gasteiger partial charge is 0.131 e. The minimum atomic E-state index is 0.182. The van der Waals surface area contributed by atoms with Gasteiger partial charge >= 0.3 is 0 Å². The molecule has 0 aliphatic rings. The molecule has 0 spiro atoms. The Morgan fingerprint density at radius 3 is 2.82 bits per heavy atom. The van der Waals surface area contributed by atoms with E-state index in [4.69, 9.17) is 5.73 Å². The first-order valence-corrected chi connectivity index (χ1v) is 6.55. The van der Waals surface area contributed by atoms with Crippen molar-refractivity contribution in [3.63, 3.8) is 0 Å². The van der Waals surface area contributed by atoms with Gasteiger partial charge in [0.25, 0.3) is 0 Å². The van der Waals surface area contributed by atoms with Gasteiger partial charge < -0.3 is 10.6 Å². The topological polar surface area (TPSA) is 42.2 Å². The minimum Gasteiger partial charge on any atom is -0.359 e. The molecule has 2 N–H and O–H groups in total. The molecule has 96 valence electrons. The molecule has 1 atom stereocenters. The third kappa shape index (κ3) is 4.73. The number of hydrogen-bond donors (Lipinski definition) is 1. The van der Waals surface area contributed by atoms with Crippen LogP contribution in [0.1, 0.15) is 38.7 Å². The molecule has 0 saturated heterocycles. The fourth-order valence-electron chi connectivity index (χ4n) is 1.99. The predicted molar refractivity (Wildman–Crippen MR) is 74.4 cm³/mol. The van der Waals surface area contributed by atoms with E-state index in [1.165, 1.54) is 24.8 Å². The summed E-state index contributed by atoms with van der Waals surface area (Å²) < 4.78 is 0. The van der Waals surface area contributed by atoms with Crippen molar-refractivity contribution in [2.24, 2.45) is 5.73 Å². The maximum Gasteiger partial charge on any atom is 0.131 e. The van der Waals surface area contributed by atoms with E-state index < -0.39 is 0 Å². The Balaban J connectivity index is 2.67. The monoisotopic (exact) mass is 235 g/mol. The highest BCUT2D eigenvalue weighted by Gasteiger charge is 2.09. The van der Waals surface area contributed by atoms with E-state index in [0.29, 0.717) is 0 Å². The lowest BCUT2D eigenvalue weighted by Gasteiger charge is -2.21. The normalized spacial score (nSPS) is 12.5. The van der Waals surface area contributed by atoms with Crippen LogP contribution in [0.3, 0.4) is 0 Å². The van der Waals surface area contributed by atoms with Gasteiger partial charge in [0.05, 0.1) is 0 Å². The van der Waals surface area contributed by atoms with Crippen LogP contribution in [0.4, 0.5) is 5.82 Å². The highest BCUT2D eigenvalue weighted by atomic mass is 15.2. The number of hydrogen-bond acceptors (Lipinski definition) is 3. The second-order valence-electron chi connectivity index (χ2n) is 4.80. The summed E-state index contributed by atoms with van der Waals surface area (Å²) in [4.78, 5) is 6.72. The molecule has 1 heterocycles. The second-order valence-corrected chi connectivity index (χ2v) is 4.80. The van der Waals surface area contributed by atoms with Gasteiger partial charge in [-0.05, 0) is 31.4 Å². The van der Waals surface area contributed by atoms with Crippen LogP contribution in [-0.2, 0) is 6.42 Å². The van der Waals surface area contributed by atoms with E-state index in [1.54, 1.807) is 0 Å². The predicted octanol–water partition coefficient (Wildman–Crippen LogP) is 2.60. The van der Waals surface area contributed by atoms with Gasteiger partial charge in [0.2, 0.25) is 0 Å². The number of pyridine rings is 1. The molecule has 1 aromatic heterocycles. The SMILES string of the molecule is CCCCCN(C)c1ncccc1CC(C)N. The van der Waals surface area contributed by atoms with Gasteiger partial charge in [0, 0.05) is 25.8 Å². The van der Waals surface area contributed by atoms with E-state index in [-0.39, 0.29) is 6.04 Å². The molecular weight excluding hydrogens is 210 g/mol. The Morgan fingerprint density at radius 2 is 2.18 bits per heavy atom. The molecule has 0 fully saturated rings. The van der Waals surface area contributed by atoms with Crippen molar-refractivity contribution in [3.05, 3.63) is 23.9 Å². The van der Waals surface area contributed by atoms with Gasteiger partial charge in [-0.1, -0.05) is 25.8 Å². The highest BCUT2D eigenvalue weighted by molar-refractivity contribution is 5.46. The number of unbranched alkanes of at least 4 members (excludes halogenated alkanes) is 2. The standard InChI is InChI=1S/C14H25N3/c1-4-5-6-10-17(3)14-13(11-12(2)15)8-7-9-16-14/h7-9,12H,4-6,10-11,15H2,1-3H3. The molecule has 0 aliphatic heterocycles. The summed E-state index contributed by atoms with van der Waals surface area (Å²) in [6.07, 6.45) is 6.50. The molecule has 0 amide bonds. The van der Waals surface area contributed by atoms with E-state index in [2.05, 4.69) is 29.9 Å². The molecule has 3 heteroatoms. The van der Waals surface area contributed by atoms with Crippen LogP contribution in [0.25, 0.3) is 0 Å². The average molecular weight is 235 g/mol. The van der Waals surface area contributed by atoms with Crippen molar-refractivity contribution in [3.8, 4) is 0 Å². The molecule has 1 aromatic rings. The van der Waals surface area contributed by atoms with Crippen LogP contribution in [-0.4, -0.2) is 24.6 Å². The Kier molecular flexibility index (Phi) is 5.98. The molecular formula is C14H25N3. The van der Waals surface area contributed by atoms with Gasteiger partial charge in [-0.3, -0.25) is 0 Å². The molecule has 0 saturated carbocycles. The number of nitrogens with two attached hydrogens (primary N) is 1. The van der Waals surface area contributed by atoms with Crippen LogP contribution in [0.2, 0.25) is 0 Å². The largest absolute Gasteiger partial charge is 0.359 e. The average Bonchev–Trinajstić information content (AvgIpc) is 2.29.